The predicted octanol–water partition coefficient (Wildman–Crippen LogP) is -4.28. The van der Waals surface area contributed by atoms with Gasteiger partial charge in [-0.2, -0.15) is 4.90 Å². The summed E-state index contributed by atoms with van der Waals surface area (Å²) in [6.45, 7) is 0. The van der Waals surface area contributed by atoms with E-state index in [-0.39, 0.29) is 0 Å². The lowest BCUT2D eigenvalue weighted by Gasteiger charge is -2.57. The highest BCUT2D eigenvalue weighted by molar-refractivity contribution is 7.93. The quantitative estimate of drug-likeness (QED) is 0.0833. The molecular formula is C3H18NO27P9. The Morgan fingerprint density at radius 1 is 0.250 bits per heavy atom. The Kier molecular flexibility index (Phi) is 11.0. The molecule has 0 unspecified atom stereocenters. The van der Waals surface area contributed by atoms with Gasteiger partial charge >= 0.3 is 82.6 Å². The lowest BCUT2D eigenvalue weighted by Crippen LogP contribution is -2.67. The summed E-state index contributed by atoms with van der Waals surface area (Å²) in [6, 6.07) is 0. The zero-order valence-corrected chi connectivity index (χ0v) is 25.7. The van der Waals surface area contributed by atoms with Gasteiger partial charge in [0.25, 0.3) is 0 Å². The molecule has 0 atom stereocenters. The minimum Gasteiger partial charge on any atom is -0.322 e. The van der Waals surface area contributed by atoms with Crippen molar-refractivity contribution >= 4 is 68.4 Å². The Hall–Kier alpha value is 1.31. The van der Waals surface area contributed by atoms with Crippen LogP contribution < -0.4 is 0 Å². The van der Waals surface area contributed by atoms with Gasteiger partial charge in [-0.25, -0.2) is 0 Å². The summed E-state index contributed by atoms with van der Waals surface area (Å²) in [6.07, 6.45) is 0. The normalized spacial score (nSPS) is 16.9. The molecule has 0 aromatic rings. The van der Waals surface area contributed by atoms with Crippen molar-refractivity contribution in [2.45, 2.75) is 14.3 Å². The van der Waals surface area contributed by atoms with E-state index in [1.165, 1.54) is 0 Å². The molecule has 28 nitrogen and oxygen atoms in total. The molecule has 0 spiro atoms. The van der Waals surface area contributed by atoms with Crippen molar-refractivity contribution in [2.75, 3.05) is 0 Å². The smallest absolute Gasteiger partial charge is 0.322 e. The van der Waals surface area contributed by atoms with Crippen LogP contribution in [0.25, 0.3) is 0 Å². The average Bonchev–Trinajstić information content (AvgIpc) is 2.41. The Bertz CT molecular complexity index is 1100. The van der Waals surface area contributed by atoms with E-state index in [1.807, 2.05) is 0 Å². The molecule has 0 saturated carbocycles. The van der Waals surface area contributed by atoms with Gasteiger partial charge in [0.1, 0.15) is 0 Å². The van der Waals surface area contributed by atoms with Gasteiger partial charge in [0.15, 0.2) is 0 Å². The molecule has 0 radical (unpaired) electrons. The fourth-order valence-electron chi connectivity index (χ4n) is 3.30. The van der Waals surface area contributed by atoms with Gasteiger partial charge < -0.3 is 88.1 Å². The van der Waals surface area contributed by atoms with Crippen LogP contribution in [0.2, 0.25) is 0 Å². The first-order valence-electron chi connectivity index (χ1n) is 7.93. The lowest BCUT2D eigenvalue weighted by molar-refractivity contribution is 0.101. The highest BCUT2D eigenvalue weighted by Gasteiger charge is 2.97. The zero-order valence-electron chi connectivity index (χ0n) is 17.7. The lowest BCUT2D eigenvalue weighted by atomic mass is 10.9. The Morgan fingerprint density at radius 2 is 0.325 bits per heavy atom. The minimum absolute atomic E-state index is 3.56. The molecule has 0 rings (SSSR count). The molecule has 0 saturated heterocycles. The second kappa shape index (κ2) is 10.7. The SMILES string of the molecule is O=P(O)(O)C(N(C(P(=O)(O)O)(P(=O)(O)O)P(=O)(O)O)C(P(=O)(O)O)(P(=O)(O)O)P(=O)(O)O)(P(=O)(O)O)P(=O)(O)O. The van der Waals surface area contributed by atoms with E-state index in [9.17, 15) is 129 Å². The summed E-state index contributed by atoms with van der Waals surface area (Å²) in [5.41, 5.74) is 0. The molecule has 0 aliphatic carbocycles. The summed E-state index contributed by atoms with van der Waals surface area (Å²) in [5, 5.41) is 0. The van der Waals surface area contributed by atoms with Crippen molar-refractivity contribution in [1.29, 1.82) is 0 Å². The van der Waals surface area contributed by atoms with Gasteiger partial charge in [-0.15, -0.1) is 0 Å². The van der Waals surface area contributed by atoms with E-state index >= 15 is 0 Å². The van der Waals surface area contributed by atoms with E-state index in [4.69, 9.17) is 0 Å². The highest BCUT2D eigenvalue weighted by atomic mass is 31.3. The second-order valence-electron chi connectivity index (χ2n) is 7.03. The van der Waals surface area contributed by atoms with Crippen molar-refractivity contribution in [3.63, 3.8) is 0 Å². The van der Waals surface area contributed by atoms with Crippen molar-refractivity contribution < 1.29 is 129 Å². The Morgan fingerprint density at radius 3 is 0.375 bits per heavy atom. The maximum absolute atomic E-state index is 12.4. The summed E-state index contributed by atoms with van der Waals surface area (Å²) in [4.78, 5) is 170. The summed E-state index contributed by atoms with van der Waals surface area (Å²) in [7, 11) is -76.3. The molecule has 0 aliphatic heterocycles. The van der Waals surface area contributed by atoms with Crippen LogP contribution in [0.4, 0.5) is 0 Å². The average molecular weight is 779 g/mol. The largest absolute Gasteiger partial charge is 0.371 e. The minimum atomic E-state index is -8.48. The summed E-state index contributed by atoms with van der Waals surface area (Å²) in [5.74, 6) is 0. The van der Waals surface area contributed by atoms with Crippen LogP contribution >= 0.6 is 68.4 Å². The second-order valence-corrected chi connectivity index (χ2v) is 25.8. The van der Waals surface area contributed by atoms with Crippen LogP contribution in [0, 0.1) is 0 Å². The van der Waals surface area contributed by atoms with Crippen LogP contribution in [0.3, 0.4) is 0 Å². The van der Waals surface area contributed by atoms with Crippen molar-refractivity contribution in [3.8, 4) is 0 Å². The Balaban J connectivity index is 10.5. The zero-order chi connectivity index (χ0) is 33.6. The van der Waals surface area contributed by atoms with E-state index in [1.54, 1.807) is 0 Å². The molecule has 0 amide bonds. The number of nitrogens with zero attached hydrogens (tertiary/aromatic N) is 1. The first kappa shape index (κ1) is 41.3. The molecule has 242 valence electrons. The molecule has 0 fully saturated rings. The van der Waals surface area contributed by atoms with Gasteiger partial charge in [0.05, 0.1) is 0 Å². The van der Waals surface area contributed by atoms with E-state index < -0.39 is 87.5 Å². The Labute approximate surface area is 217 Å². The molecular weight excluding hydrogens is 761 g/mol. The molecule has 18 N–H and O–H groups in total. The summed E-state index contributed by atoms with van der Waals surface area (Å²) >= 11 is 0. The van der Waals surface area contributed by atoms with Crippen molar-refractivity contribution in [2.24, 2.45) is 0 Å². The maximum atomic E-state index is 12.4. The van der Waals surface area contributed by atoms with Gasteiger partial charge in [0.2, 0.25) is 0 Å². The highest BCUT2D eigenvalue weighted by Crippen LogP contribution is 2.99. The van der Waals surface area contributed by atoms with Crippen LogP contribution in [-0.2, 0) is 41.1 Å². The topological polar surface area (TPSA) is 521 Å². The molecule has 0 heterocycles. The van der Waals surface area contributed by atoms with Crippen LogP contribution in [0.15, 0.2) is 0 Å². The number of rotatable bonds is 12. The molecule has 0 aliphatic rings. The van der Waals surface area contributed by atoms with E-state index in [0.29, 0.717) is 0 Å². The first-order valence-corrected chi connectivity index (χ1v) is 22.4. The van der Waals surface area contributed by atoms with Gasteiger partial charge in [-0.1, -0.05) is 0 Å². The van der Waals surface area contributed by atoms with E-state index in [2.05, 4.69) is 0 Å². The van der Waals surface area contributed by atoms with Crippen molar-refractivity contribution in [3.05, 3.63) is 0 Å². The fourth-order valence-corrected chi connectivity index (χ4v) is 22.7. The van der Waals surface area contributed by atoms with Crippen LogP contribution in [0.1, 0.15) is 0 Å². The summed E-state index contributed by atoms with van der Waals surface area (Å²) < 4.78 is 90.0. The van der Waals surface area contributed by atoms with Crippen LogP contribution in [-0.4, -0.2) is 107 Å². The van der Waals surface area contributed by atoms with Gasteiger partial charge in [-0.3, -0.25) is 41.1 Å². The standard InChI is InChI=1S/C3H18NO27P9/c5-32(6,7)1(33(8,9)10,34(11,12)13)4(2(35(14,15)16,36(17,18)19)37(20,21)22)3(38(23,24)25,39(26,27)28)40(29,30)31/h(H2,5,6,7)(H2,8,9,10)(H2,11,12,13)(H2,14,15,16)(H2,17,18,19)(H2,20,21,22)(H2,23,24,25)(H2,26,27,28)(H2,29,30,31). The van der Waals surface area contributed by atoms with Gasteiger partial charge in [0, 0.05) is 0 Å². The van der Waals surface area contributed by atoms with E-state index in [0.717, 1.165) is 0 Å². The van der Waals surface area contributed by atoms with Gasteiger partial charge in [-0.05, 0) is 0 Å². The number of hydrogen-bond donors (Lipinski definition) is 18. The molecule has 40 heavy (non-hydrogen) atoms. The number of hydrogen-bond acceptors (Lipinski definition) is 10. The monoisotopic (exact) mass is 779 g/mol. The maximum Gasteiger partial charge on any atom is 0.371 e. The first-order chi connectivity index (χ1) is 16.6. The predicted molar refractivity (Wildman–Crippen MR) is 118 cm³/mol. The van der Waals surface area contributed by atoms with Crippen molar-refractivity contribution in [1.82, 2.24) is 4.90 Å². The third-order valence-corrected chi connectivity index (χ3v) is 27.3. The molecule has 0 bridgehead atoms. The van der Waals surface area contributed by atoms with Crippen LogP contribution in [0.5, 0.6) is 0 Å². The fraction of sp³-hybridized carbons (Fsp3) is 1.00. The molecule has 0 aromatic carbocycles. The third-order valence-electron chi connectivity index (χ3n) is 4.42. The molecule has 37 heteroatoms. The third kappa shape index (κ3) is 5.73. The molecule has 0 aromatic heterocycles.